The molecule has 11 nitrogen and oxygen atoms in total. The van der Waals surface area contributed by atoms with E-state index >= 15 is 0 Å². The smallest absolute Gasteiger partial charge is 0.351 e. The molecule has 0 spiro atoms. The molecule has 5 heterocycles. The molecule has 0 radical (unpaired) electrons. The first-order chi connectivity index (χ1) is 23.0. The molecule has 6 aliphatic rings. The number of ether oxygens (including phenoxy) is 3. The van der Waals surface area contributed by atoms with Crippen LogP contribution in [0.25, 0.3) is 0 Å². The summed E-state index contributed by atoms with van der Waals surface area (Å²) in [7, 11) is 3.85. The van der Waals surface area contributed by atoms with E-state index in [4.69, 9.17) is 29.2 Å². The van der Waals surface area contributed by atoms with Crippen LogP contribution in [0.2, 0.25) is 0 Å². The van der Waals surface area contributed by atoms with E-state index in [1.807, 2.05) is 32.9 Å². The van der Waals surface area contributed by atoms with Crippen LogP contribution in [0.15, 0.2) is 120 Å². The quantitative estimate of drug-likeness (QED) is 0.219. The Morgan fingerprint density at radius 3 is 2.42 bits per heavy atom. The number of allylic oxidation sites excluding steroid dienone is 10. The maximum absolute atomic E-state index is 14.5. The van der Waals surface area contributed by atoms with Gasteiger partial charge in [-0.05, 0) is 61.6 Å². The van der Waals surface area contributed by atoms with Crippen molar-refractivity contribution in [3.05, 3.63) is 105 Å². The van der Waals surface area contributed by atoms with Crippen LogP contribution in [0.3, 0.4) is 0 Å². The molecule has 0 aromatic rings. The molecule has 1 saturated carbocycles. The molecule has 2 fully saturated rings. The summed E-state index contributed by atoms with van der Waals surface area (Å²) in [6, 6.07) is 0. The summed E-state index contributed by atoms with van der Waals surface area (Å²) in [5.74, 6) is -2.42. The monoisotopic (exact) mass is 650 g/mol. The number of nitrogens with one attached hydrogen (secondary N) is 1. The third-order valence-electron chi connectivity index (χ3n) is 10.0. The second-order valence-corrected chi connectivity index (χ2v) is 12.2. The Balaban J connectivity index is 1.72. The SMILES string of the molecule is C=CC1=C(C)C2=NC1=CC1=NC(=C(CC)C1=CO)C=C1N=C3C(=C1C)C(=O)C(OC)(C(=O)OC)C3=C1NC(=C2)C(C)C1CCC(=O)OC. The highest BCUT2D eigenvalue weighted by Crippen LogP contribution is 2.50. The number of aliphatic hydroxyl groups is 1. The standard InChI is InChI=1S/C37H38N4O7/c1-9-20-17(3)24-13-25-18(4)22(11-12-30(43)46-6)33(40-25)32-34-31(35(44)37(32,48-8)36(45)47-7)19(5)26(41-34)14-28-21(10-2)23(16-42)29(39-28)15-27(20)38-24/h9,13-16,18,22,40,42H,1,10-12H2,2-8H3. The van der Waals surface area contributed by atoms with E-state index < -0.39 is 17.4 Å². The fourth-order valence-corrected chi connectivity index (χ4v) is 7.38. The molecule has 248 valence electrons. The van der Waals surface area contributed by atoms with Crippen molar-refractivity contribution in [2.75, 3.05) is 21.3 Å². The first-order valence-electron chi connectivity index (χ1n) is 15.8. The number of nitrogens with zero attached hydrogens (tertiary/aromatic N) is 3. The van der Waals surface area contributed by atoms with Crippen molar-refractivity contribution in [2.45, 2.75) is 52.6 Å². The Kier molecular flexibility index (Phi) is 8.28. The van der Waals surface area contributed by atoms with Gasteiger partial charge in [-0.3, -0.25) is 9.59 Å². The lowest BCUT2D eigenvalue weighted by Crippen LogP contribution is -2.49. The molecule has 8 bridgehead atoms. The van der Waals surface area contributed by atoms with Crippen molar-refractivity contribution in [3.63, 3.8) is 0 Å². The van der Waals surface area contributed by atoms with Gasteiger partial charge >= 0.3 is 11.9 Å². The number of fused-ring (bicyclic) bond motifs is 5. The van der Waals surface area contributed by atoms with Gasteiger partial charge in [0.15, 0.2) is 0 Å². The number of rotatable bonds is 7. The topological polar surface area (TPSA) is 148 Å². The fraction of sp³-hybridized carbons (Fsp3) is 0.351. The normalized spacial score (nSPS) is 26.8. The molecule has 0 amide bonds. The van der Waals surface area contributed by atoms with Crippen LogP contribution >= 0.6 is 0 Å². The van der Waals surface area contributed by atoms with Crippen LogP contribution in [-0.2, 0) is 28.6 Å². The highest BCUT2D eigenvalue weighted by Gasteiger charge is 2.63. The zero-order valence-electron chi connectivity index (χ0n) is 28.1. The molecule has 11 heteroatoms. The van der Waals surface area contributed by atoms with Crippen LogP contribution in [0, 0.1) is 11.8 Å². The summed E-state index contributed by atoms with van der Waals surface area (Å²) in [5, 5.41) is 13.9. The highest BCUT2D eigenvalue weighted by atomic mass is 16.6. The van der Waals surface area contributed by atoms with Gasteiger partial charge in [-0.2, -0.15) is 0 Å². The van der Waals surface area contributed by atoms with Gasteiger partial charge in [0.2, 0.25) is 5.78 Å². The predicted octanol–water partition coefficient (Wildman–Crippen LogP) is 5.14. The molecule has 1 aliphatic carbocycles. The molecule has 1 saturated heterocycles. The van der Waals surface area contributed by atoms with E-state index in [0.717, 1.165) is 28.7 Å². The molecule has 0 aromatic carbocycles. The van der Waals surface area contributed by atoms with Gasteiger partial charge in [0.25, 0.3) is 5.60 Å². The van der Waals surface area contributed by atoms with Crippen LogP contribution in [0.5, 0.6) is 0 Å². The average molecular weight is 651 g/mol. The summed E-state index contributed by atoms with van der Waals surface area (Å²) >= 11 is 0. The summed E-state index contributed by atoms with van der Waals surface area (Å²) in [5.41, 5.74) is 6.49. The van der Waals surface area contributed by atoms with E-state index in [1.165, 1.54) is 21.3 Å². The van der Waals surface area contributed by atoms with Gasteiger partial charge < -0.3 is 24.6 Å². The number of ketones is 1. The number of Topliss-reactive ketones (excluding diaryl/α,β-unsaturated/α-hetero) is 1. The van der Waals surface area contributed by atoms with E-state index in [1.54, 1.807) is 19.1 Å². The summed E-state index contributed by atoms with van der Waals surface area (Å²) in [6.07, 6.45) is 9.37. The van der Waals surface area contributed by atoms with Crippen molar-refractivity contribution >= 4 is 34.9 Å². The van der Waals surface area contributed by atoms with Crippen molar-refractivity contribution in [1.29, 1.82) is 0 Å². The Morgan fingerprint density at radius 2 is 1.79 bits per heavy atom. The lowest BCUT2D eigenvalue weighted by Gasteiger charge is -2.27. The zero-order valence-corrected chi connectivity index (χ0v) is 28.1. The molecule has 3 atom stereocenters. The van der Waals surface area contributed by atoms with Crippen molar-refractivity contribution in [2.24, 2.45) is 26.8 Å². The van der Waals surface area contributed by atoms with Crippen LogP contribution in [0.4, 0.5) is 0 Å². The summed E-state index contributed by atoms with van der Waals surface area (Å²) in [4.78, 5) is 55.4. The minimum atomic E-state index is -2.13. The fourth-order valence-electron chi connectivity index (χ4n) is 7.38. The Hall–Kier alpha value is -5.16. The number of carbonyl (C=O) groups is 3. The number of aliphatic imine (C=N–C) groups is 3. The summed E-state index contributed by atoms with van der Waals surface area (Å²) < 4.78 is 16.1. The van der Waals surface area contributed by atoms with Gasteiger partial charge in [0.1, 0.15) is 0 Å². The molecule has 6 rings (SSSR count). The van der Waals surface area contributed by atoms with Gasteiger partial charge in [-0.1, -0.05) is 26.5 Å². The number of hydrogen-bond donors (Lipinski definition) is 2. The maximum Gasteiger partial charge on any atom is 0.351 e. The molecule has 3 unspecified atom stereocenters. The molecule has 0 aromatic heterocycles. The second-order valence-electron chi connectivity index (χ2n) is 12.2. The van der Waals surface area contributed by atoms with Gasteiger partial charge in [0, 0.05) is 53.5 Å². The van der Waals surface area contributed by atoms with E-state index in [2.05, 4.69) is 11.9 Å². The molecular weight excluding hydrogens is 612 g/mol. The zero-order chi connectivity index (χ0) is 34.7. The van der Waals surface area contributed by atoms with Crippen LogP contribution in [-0.4, -0.2) is 66.9 Å². The van der Waals surface area contributed by atoms with Crippen molar-refractivity contribution in [3.8, 4) is 0 Å². The van der Waals surface area contributed by atoms with E-state index in [-0.39, 0.29) is 35.4 Å². The molecule has 5 aliphatic heterocycles. The van der Waals surface area contributed by atoms with E-state index in [0.29, 0.717) is 63.9 Å². The first-order valence-corrected chi connectivity index (χ1v) is 15.8. The van der Waals surface area contributed by atoms with Crippen molar-refractivity contribution < 1.29 is 33.7 Å². The number of carbonyl (C=O) groups excluding carboxylic acids is 3. The molecule has 2 N–H and O–H groups in total. The Bertz CT molecular complexity index is 1960. The van der Waals surface area contributed by atoms with Crippen LogP contribution < -0.4 is 5.32 Å². The van der Waals surface area contributed by atoms with Crippen LogP contribution in [0.1, 0.15) is 47.0 Å². The summed E-state index contributed by atoms with van der Waals surface area (Å²) in [6.45, 7) is 11.7. The molecule has 48 heavy (non-hydrogen) atoms. The highest BCUT2D eigenvalue weighted by molar-refractivity contribution is 6.46. The van der Waals surface area contributed by atoms with Gasteiger partial charge in [0.05, 0.1) is 60.3 Å². The maximum atomic E-state index is 14.5. The van der Waals surface area contributed by atoms with Gasteiger partial charge in [-0.15, -0.1) is 0 Å². The first kappa shape index (κ1) is 32.8. The lowest BCUT2D eigenvalue weighted by atomic mass is 9.83. The number of hydrogen-bond acceptors (Lipinski definition) is 11. The predicted molar refractivity (Wildman–Crippen MR) is 181 cm³/mol. The van der Waals surface area contributed by atoms with E-state index in [9.17, 15) is 19.5 Å². The minimum Gasteiger partial charge on any atom is -0.515 e. The average Bonchev–Trinajstić information content (AvgIpc) is 3.82. The third kappa shape index (κ3) is 4.59. The van der Waals surface area contributed by atoms with Gasteiger partial charge in [-0.25, -0.2) is 19.8 Å². The number of methoxy groups -OCH3 is 3. The number of aliphatic hydroxyl groups excluding tert-OH is 1. The number of esters is 2. The second kappa shape index (κ2) is 12.1. The molecular formula is C37H38N4O7. The van der Waals surface area contributed by atoms with Crippen molar-refractivity contribution in [1.82, 2.24) is 5.32 Å². The largest absolute Gasteiger partial charge is 0.515 e. The third-order valence-corrected chi connectivity index (χ3v) is 10.0. The minimum absolute atomic E-state index is 0.102. The Morgan fingerprint density at radius 1 is 1.04 bits per heavy atom. The lowest BCUT2D eigenvalue weighted by molar-refractivity contribution is -0.164. The Labute approximate surface area is 278 Å².